The molecule has 2 fully saturated rings. The summed E-state index contributed by atoms with van der Waals surface area (Å²) in [6, 6.07) is 16.5. The Morgan fingerprint density at radius 1 is 0.974 bits per heavy atom. The number of aliphatic carboxylic acids is 1. The topological polar surface area (TPSA) is 84.4 Å². The second kappa shape index (κ2) is 11.5. The number of likely N-dealkylation sites (N-methyl/N-ethyl adjacent to an activating group) is 1. The van der Waals surface area contributed by atoms with Crippen molar-refractivity contribution in [1.29, 1.82) is 0 Å². The van der Waals surface area contributed by atoms with E-state index in [2.05, 4.69) is 0 Å². The minimum atomic E-state index is -1.13. The summed E-state index contributed by atoms with van der Waals surface area (Å²) in [6.45, 7) is 0.184. The first-order valence-corrected chi connectivity index (χ1v) is 13.6. The lowest BCUT2D eigenvalue weighted by atomic mass is 9.99. The molecule has 4 atom stereocenters. The molecular weight excluding hydrogens is 492 g/mol. The van der Waals surface area contributed by atoms with Crippen LogP contribution in [0.2, 0.25) is 0 Å². The summed E-state index contributed by atoms with van der Waals surface area (Å²) in [5.41, 5.74) is 2.47. The average molecular weight is 529 g/mol. The van der Waals surface area contributed by atoms with Gasteiger partial charge in [-0.3, -0.25) is 14.6 Å². The van der Waals surface area contributed by atoms with Crippen molar-refractivity contribution in [1.82, 2.24) is 14.7 Å². The average Bonchev–Trinajstić information content (AvgIpc) is 3.25. The summed E-state index contributed by atoms with van der Waals surface area (Å²) in [7, 11) is 3.76. The van der Waals surface area contributed by atoms with Gasteiger partial charge in [0.15, 0.2) is 6.04 Å². The van der Waals surface area contributed by atoms with Gasteiger partial charge in [0, 0.05) is 18.3 Å². The van der Waals surface area contributed by atoms with E-state index < -0.39 is 24.1 Å². The molecule has 0 saturated carbocycles. The van der Waals surface area contributed by atoms with Crippen molar-refractivity contribution in [2.24, 2.45) is 0 Å². The number of benzene rings is 2. The van der Waals surface area contributed by atoms with Crippen LogP contribution in [0.3, 0.4) is 0 Å². The number of likely N-dealkylation sites (tertiary alicyclic amines) is 1. The van der Waals surface area contributed by atoms with Gasteiger partial charge in [-0.15, -0.1) is 0 Å². The number of hydrogen-bond acceptors (Lipinski definition) is 4. The molecule has 2 saturated heterocycles. The predicted octanol–water partition coefficient (Wildman–Crippen LogP) is 4.15. The van der Waals surface area contributed by atoms with Crippen LogP contribution in [-0.4, -0.2) is 82.5 Å². The van der Waals surface area contributed by atoms with E-state index in [9.17, 15) is 19.5 Å². The second-order valence-corrected chi connectivity index (χ2v) is 10.7. The van der Waals surface area contributed by atoms with Gasteiger partial charge in [0.05, 0.1) is 17.8 Å². The van der Waals surface area contributed by atoms with E-state index in [1.807, 2.05) is 97.9 Å². The van der Waals surface area contributed by atoms with E-state index in [4.69, 9.17) is 0 Å². The zero-order valence-electron chi connectivity index (χ0n) is 22.5. The van der Waals surface area contributed by atoms with Crippen LogP contribution in [0.25, 0.3) is 0 Å². The maximum absolute atomic E-state index is 14.2. The summed E-state index contributed by atoms with van der Waals surface area (Å²) < 4.78 is 0. The van der Waals surface area contributed by atoms with Crippen molar-refractivity contribution in [2.45, 2.75) is 56.3 Å². The molecule has 204 valence electrons. The van der Waals surface area contributed by atoms with E-state index in [-0.39, 0.29) is 24.5 Å². The molecule has 0 spiro atoms. The minimum absolute atomic E-state index is 0.0764. The summed E-state index contributed by atoms with van der Waals surface area (Å²) in [5.74, 6) is -1.16. The maximum atomic E-state index is 14.2. The Morgan fingerprint density at radius 2 is 1.67 bits per heavy atom. The van der Waals surface area contributed by atoms with Crippen LogP contribution >= 0.6 is 0 Å². The van der Waals surface area contributed by atoms with Crippen LogP contribution in [-0.2, 0) is 16.0 Å². The third kappa shape index (κ3) is 5.34. The highest BCUT2D eigenvalue weighted by molar-refractivity contribution is 5.98. The van der Waals surface area contributed by atoms with Crippen molar-refractivity contribution in [3.05, 3.63) is 90.2 Å². The number of carboxylic acid groups (broad SMARTS) is 1. The number of amides is 3. The number of carbonyl (C=O) groups excluding carboxylic acids is 2. The molecule has 2 aromatic carbocycles. The molecule has 8 heteroatoms. The van der Waals surface area contributed by atoms with Crippen LogP contribution < -0.4 is 4.90 Å². The first-order valence-electron chi connectivity index (χ1n) is 13.6. The fourth-order valence-electron chi connectivity index (χ4n) is 6.13. The maximum Gasteiger partial charge on any atom is 0.329 e. The molecule has 2 bridgehead atoms. The number of urea groups is 1. The zero-order chi connectivity index (χ0) is 27.5. The van der Waals surface area contributed by atoms with Crippen molar-refractivity contribution in [3.63, 3.8) is 0 Å². The van der Waals surface area contributed by atoms with Crippen LogP contribution in [0.5, 0.6) is 0 Å². The molecule has 2 heterocycles. The number of carboxylic acids is 1. The molecule has 0 radical (unpaired) electrons. The molecule has 2 unspecified atom stereocenters. The van der Waals surface area contributed by atoms with Gasteiger partial charge in [-0.1, -0.05) is 60.7 Å². The van der Waals surface area contributed by atoms with E-state index >= 15 is 0 Å². The number of rotatable bonds is 7. The fourth-order valence-corrected chi connectivity index (χ4v) is 6.13. The SMILES string of the molecule is CN(C)C(Cc1ccccc1)C(=O)N1C2CC[C@@H]1[C@@H](C(=O)O)N(C(=O)N(C1=CCCC=C1)c1ccccc1)C2. The van der Waals surface area contributed by atoms with Crippen LogP contribution in [0.1, 0.15) is 31.2 Å². The largest absolute Gasteiger partial charge is 0.480 e. The van der Waals surface area contributed by atoms with E-state index in [0.717, 1.165) is 24.1 Å². The highest BCUT2D eigenvalue weighted by Crippen LogP contribution is 2.37. The highest BCUT2D eigenvalue weighted by atomic mass is 16.4. The third-order valence-corrected chi connectivity index (χ3v) is 8.03. The second-order valence-electron chi connectivity index (χ2n) is 10.7. The number of nitrogens with zero attached hydrogens (tertiary/aromatic N) is 4. The van der Waals surface area contributed by atoms with Gasteiger partial charge < -0.3 is 14.9 Å². The molecule has 5 rings (SSSR count). The molecule has 1 N–H and O–H groups in total. The summed E-state index contributed by atoms with van der Waals surface area (Å²) >= 11 is 0. The van der Waals surface area contributed by atoms with E-state index in [0.29, 0.717) is 24.9 Å². The molecular formula is C31H36N4O4. The number of piperazine rings is 1. The van der Waals surface area contributed by atoms with Crippen LogP contribution in [0, 0.1) is 0 Å². The lowest BCUT2D eigenvalue weighted by Crippen LogP contribution is -2.68. The lowest BCUT2D eigenvalue weighted by Gasteiger charge is -2.47. The molecule has 0 aromatic heterocycles. The predicted molar refractivity (Wildman–Crippen MR) is 150 cm³/mol. The van der Waals surface area contributed by atoms with Crippen molar-refractivity contribution >= 4 is 23.6 Å². The monoisotopic (exact) mass is 528 g/mol. The van der Waals surface area contributed by atoms with Gasteiger partial charge in [0.25, 0.3) is 0 Å². The normalized spacial score (nSPS) is 22.9. The number of para-hydroxylation sites is 1. The van der Waals surface area contributed by atoms with Gasteiger partial charge >= 0.3 is 12.0 Å². The molecule has 39 heavy (non-hydrogen) atoms. The number of fused-ring (bicyclic) bond motifs is 2. The Labute approximate surface area is 229 Å². The van der Waals surface area contributed by atoms with E-state index in [1.165, 1.54) is 4.90 Å². The summed E-state index contributed by atoms with van der Waals surface area (Å²) in [5, 5.41) is 10.4. The van der Waals surface area contributed by atoms with Gasteiger partial charge in [0.1, 0.15) is 0 Å². The molecule has 3 amide bonds. The Kier molecular flexibility index (Phi) is 7.84. The number of hydrogen-bond donors (Lipinski definition) is 1. The minimum Gasteiger partial charge on any atom is -0.480 e. The van der Waals surface area contributed by atoms with Crippen molar-refractivity contribution in [3.8, 4) is 0 Å². The molecule has 2 aromatic rings. The first kappa shape index (κ1) is 26.7. The fraction of sp³-hybridized carbons (Fsp3) is 0.387. The molecule has 3 aliphatic rings. The Balaban J connectivity index is 1.45. The molecule has 2 aliphatic heterocycles. The quantitative estimate of drug-likeness (QED) is 0.584. The molecule has 8 nitrogen and oxygen atoms in total. The number of carbonyl (C=O) groups is 3. The number of allylic oxidation sites excluding steroid dienone is 3. The van der Waals surface area contributed by atoms with Gasteiger partial charge in [0.2, 0.25) is 5.91 Å². The standard InChI is InChI=1S/C31H36N4O4/c1-32(2)27(20-22-12-6-3-7-13-22)29(36)35-25-18-19-26(35)28(30(37)38)33(21-25)31(39)34(23-14-8-4-9-15-23)24-16-10-5-11-17-24/h3-4,6-10,12-17,25-28H,5,11,18-21H2,1-2H3,(H,37,38)/t25?,26-,27?,28+/m1/s1. The third-order valence-electron chi connectivity index (χ3n) is 8.03. The van der Waals surface area contributed by atoms with Crippen LogP contribution in [0.15, 0.2) is 84.6 Å². The summed E-state index contributed by atoms with van der Waals surface area (Å²) in [6.07, 6.45) is 9.43. The van der Waals surface area contributed by atoms with Gasteiger partial charge in [-0.25, -0.2) is 9.59 Å². The van der Waals surface area contributed by atoms with Crippen LogP contribution in [0.4, 0.5) is 10.5 Å². The van der Waals surface area contributed by atoms with E-state index in [1.54, 1.807) is 9.80 Å². The van der Waals surface area contributed by atoms with Crippen molar-refractivity contribution < 1.29 is 19.5 Å². The zero-order valence-corrected chi connectivity index (χ0v) is 22.5. The summed E-state index contributed by atoms with van der Waals surface area (Å²) in [4.78, 5) is 47.7. The number of anilines is 1. The van der Waals surface area contributed by atoms with Gasteiger partial charge in [-0.2, -0.15) is 0 Å². The smallest absolute Gasteiger partial charge is 0.329 e. The van der Waals surface area contributed by atoms with Crippen molar-refractivity contribution in [2.75, 3.05) is 25.5 Å². The lowest BCUT2D eigenvalue weighted by molar-refractivity contribution is -0.153. The first-order chi connectivity index (χ1) is 18.9. The molecule has 1 aliphatic carbocycles. The Bertz CT molecular complexity index is 1260. The Hall–Kier alpha value is -3.91. The van der Waals surface area contributed by atoms with Gasteiger partial charge in [-0.05, 0) is 70.0 Å². The Morgan fingerprint density at radius 3 is 2.28 bits per heavy atom. The highest BCUT2D eigenvalue weighted by Gasteiger charge is 2.54.